The predicted molar refractivity (Wildman–Crippen MR) is 143 cm³/mol. The van der Waals surface area contributed by atoms with Gasteiger partial charge in [0.15, 0.2) is 0 Å². The van der Waals surface area contributed by atoms with Crippen molar-refractivity contribution < 1.29 is 19.1 Å². The van der Waals surface area contributed by atoms with Crippen molar-refractivity contribution in [3.63, 3.8) is 0 Å². The van der Waals surface area contributed by atoms with Crippen molar-refractivity contribution in [3.05, 3.63) is 60.0 Å². The van der Waals surface area contributed by atoms with Crippen molar-refractivity contribution in [3.8, 4) is 5.75 Å². The predicted octanol–water partition coefficient (Wildman–Crippen LogP) is 2.28. The lowest BCUT2D eigenvalue weighted by atomic mass is 9.98. The van der Waals surface area contributed by atoms with Crippen LogP contribution in [-0.4, -0.2) is 78.1 Å². The summed E-state index contributed by atoms with van der Waals surface area (Å²) in [6, 6.07) is 11.9. The number of benzene rings is 1. The first kappa shape index (κ1) is 25.4. The lowest BCUT2D eigenvalue weighted by Crippen LogP contribution is -2.50. The molecule has 10 nitrogen and oxygen atoms in total. The van der Waals surface area contributed by atoms with Crippen LogP contribution in [0.2, 0.25) is 0 Å². The molecule has 2 aliphatic rings. The van der Waals surface area contributed by atoms with Crippen LogP contribution < -0.4 is 15.4 Å². The molecule has 4 atom stereocenters. The number of aromatic nitrogens is 2. The van der Waals surface area contributed by atoms with Crippen LogP contribution in [0.15, 0.2) is 53.7 Å². The Bertz CT molecular complexity index is 1350. The van der Waals surface area contributed by atoms with E-state index in [0.29, 0.717) is 37.4 Å². The topological polar surface area (TPSA) is 129 Å². The molecule has 2 aliphatic heterocycles. The Morgan fingerprint density at radius 1 is 1.29 bits per heavy atom. The number of ether oxygens (including phenoxy) is 1. The van der Waals surface area contributed by atoms with E-state index in [4.69, 9.17) is 4.74 Å². The summed E-state index contributed by atoms with van der Waals surface area (Å²) >= 11 is 0. The zero-order chi connectivity index (χ0) is 26.6. The highest BCUT2D eigenvalue weighted by Gasteiger charge is 2.42. The first-order valence-corrected chi connectivity index (χ1v) is 12.9. The van der Waals surface area contributed by atoms with Gasteiger partial charge in [-0.25, -0.2) is 0 Å². The zero-order valence-corrected chi connectivity index (χ0v) is 21.5. The van der Waals surface area contributed by atoms with Crippen molar-refractivity contribution in [1.82, 2.24) is 25.5 Å². The number of rotatable bonds is 8. The Labute approximate surface area is 220 Å². The summed E-state index contributed by atoms with van der Waals surface area (Å²) in [6.45, 7) is 0.997. The molecular formula is C28H32N6O4. The molecule has 0 saturated carbocycles. The highest BCUT2D eigenvalue weighted by atomic mass is 16.5. The molecule has 2 fully saturated rings. The van der Waals surface area contributed by atoms with Crippen molar-refractivity contribution >= 4 is 34.8 Å². The SMILES string of the molecule is CN=C[C@H](C[C@@H]1CCNC1=O)NC(=O)[C@@H]1C[C@@H](c2ccccn2)CN1C(=O)c1cc2c(OC)cccc2[nH]1. The number of carbonyl (C=O) groups is 3. The molecule has 3 amide bonds. The fraction of sp³-hybridized carbons (Fsp3) is 0.393. The van der Waals surface area contributed by atoms with E-state index >= 15 is 0 Å². The smallest absolute Gasteiger partial charge is 0.271 e. The van der Waals surface area contributed by atoms with Crippen molar-refractivity contribution in [2.24, 2.45) is 10.9 Å². The molecule has 10 heteroatoms. The Hall–Kier alpha value is -4.21. The molecule has 5 rings (SSSR count). The van der Waals surface area contributed by atoms with Crippen LogP contribution in [0.1, 0.15) is 41.4 Å². The molecule has 198 valence electrons. The van der Waals surface area contributed by atoms with E-state index in [-0.39, 0.29) is 29.6 Å². The normalized spacial score (nSPS) is 22.1. The van der Waals surface area contributed by atoms with Crippen molar-refractivity contribution in [2.45, 2.75) is 37.3 Å². The molecule has 2 aromatic heterocycles. The maximum Gasteiger partial charge on any atom is 0.271 e. The number of amides is 3. The summed E-state index contributed by atoms with van der Waals surface area (Å²) in [5.74, 6) is -0.143. The van der Waals surface area contributed by atoms with Gasteiger partial charge in [0.25, 0.3) is 5.91 Å². The second-order valence-corrected chi connectivity index (χ2v) is 9.80. The van der Waals surface area contributed by atoms with E-state index in [2.05, 4.69) is 25.6 Å². The fourth-order valence-corrected chi connectivity index (χ4v) is 5.51. The average molecular weight is 517 g/mol. The number of nitrogens with one attached hydrogen (secondary N) is 3. The Kier molecular flexibility index (Phi) is 7.39. The molecule has 2 saturated heterocycles. The van der Waals surface area contributed by atoms with Crippen LogP contribution in [0.3, 0.4) is 0 Å². The number of likely N-dealkylation sites (tertiary alicyclic amines) is 1. The minimum atomic E-state index is -0.701. The lowest BCUT2D eigenvalue weighted by Gasteiger charge is -2.25. The highest BCUT2D eigenvalue weighted by molar-refractivity contribution is 6.02. The van der Waals surface area contributed by atoms with Crippen LogP contribution in [0.5, 0.6) is 5.75 Å². The number of hydrogen-bond donors (Lipinski definition) is 3. The molecule has 0 bridgehead atoms. The number of H-pyrrole nitrogens is 1. The number of pyridine rings is 1. The number of fused-ring (bicyclic) bond motifs is 1. The number of aliphatic imine (C=N–C) groups is 1. The molecule has 0 radical (unpaired) electrons. The number of aromatic amines is 1. The molecule has 1 aromatic carbocycles. The first-order chi connectivity index (χ1) is 18.5. The fourth-order valence-electron chi connectivity index (χ4n) is 5.51. The largest absolute Gasteiger partial charge is 0.496 e. The molecule has 38 heavy (non-hydrogen) atoms. The van der Waals surface area contributed by atoms with Gasteiger partial charge in [-0.2, -0.15) is 0 Å². The molecule has 3 N–H and O–H groups in total. The maximum atomic E-state index is 13.8. The highest BCUT2D eigenvalue weighted by Crippen LogP contribution is 2.33. The van der Waals surface area contributed by atoms with Crippen molar-refractivity contribution in [1.29, 1.82) is 0 Å². The molecule has 3 aromatic rings. The van der Waals surface area contributed by atoms with Gasteiger partial charge in [0.1, 0.15) is 17.5 Å². The Morgan fingerprint density at radius 3 is 2.87 bits per heavy atom. The summed E-state index contributed by atoms with van der Waals surface area (Å²) in [7, 11) is 3.23. The van der Waals surface area contributed by atoms with E-state index < -0.39 is 12.1 Å². The summed E-state index contributed by atoms with van der Waals surface area (Å²) in [6.07, 6.45) is 5.01. The van der Waals surface area contributed by atoms with E-state index in [1.165, 1.54) is 0 Å². The maximum absolute atomic E-state index is 13.8. The van der Waals surface area contributed by atoms with Gasteiger partial charge in [0.2, 0.25) is 11.8 Å². The van der Waals surface area contributed by atoms with Gasteiger partial charge in [-0.3, -0.25) is 24.4 Å². The third kappa shape index (κ3) is 5.11. The zero-order valence-electron chi connectivity index (χ0n) is 21.5. The third-order valence-electron chi connectivity index (χ3n) is 7.40. The Balaban J connectivity index is 1.41. The average Bonchev–Trinajstić information content (AvgIpc) is 3.67. The Morgan fingerprint density at radius 2 is 2.16 bits per heavy atom. The number of hydrogen-bond acceptors (Lipinski definition) is 6. The summed E-state index contributed by atoms with van der Waals surface area (Å²) in [5, 5.41) is 6.69. The van der Waals surface area contributed by atoms with E-state index in [9.17, 15) is 14.4 Å². The molecule has 4 heterocycles. The lowest BCUT2D eigenvalue weighted by molar-refractivity contribution is -0.126. The van der Waals surface area contributed by atoms with Crippen LogP contribution in [0.4, 0.5) is 0 Å². The molecule has 0 aliphatic carbocycles. The molecular weight excluding hydrogens is 484 g/mol. The summed E-state index contributed by atoms with van der Waals surface area (Å²) in [4.78, 5) is 53.0. The van der Waals surface area contributed by atoms with Gasteiger partial charge in [-0.15, -0.1) is 0 Å². The summed E-state index contributed by atoms with van der Waals surface area (Å²) < 4.78 is 5.45. The van der Waals surface area contributed by atoms with Gasteiger partial charge in [-0.05, 0) is 49.6 Å². The number of methoxy groups -OCH3 is 1. The van der Waals surface area contributed by atoms with E-state index in [1.54, 1.807) is 37.5 Å². The quantitative estimate of drug-likeness (QED) is 0.396. The van der Waals surface area contributed by atoms with Crippen LogP contribution in [0, 0.1) is 5.92 Å². The van der Waals surface area contributed by atoms with Gasteiger partial charge >= 0.3 is 0 Å². The third-order valence-corrected chi connectivity index (χ3v) is 7.40. The second-order valence-electron chi connectivity index (χ2n) is 9.80. The van der Waals surface area contributed by atoms with E-state index in [0.717, 1.165) is 23.0 Å². The molecule has 0 spiro atoms. The van der Waals surface area contributed by atoms with Crippen molar-refractivity contribution in [2.75, 3.05) is 27.2 Å². The van der Waals surface area contributed by atoms with Gasteiger partial charge < -0.3 is 25.3 Å². The van der Waals surface area contributed by atoms with E-state index in [1.807, 2.05) is 36.4 Å². The van der Waals surface area contributed by atoms with Gasteiger partial charge in [0.05, 0.1) is 13.2 Å². The van der Waals surface area contributed by atoms with Gasteiger partial charge in [0, 0.05) is 61.0 Å². The monoisotopic (exact) mass is 516 g/mol. The molecule has 0 unspecified atom stereocenters. The minimum absolute atomic E-state index is 0.00382. The minimum Gasteiger partial charge on any atom is -0.496 e. The standard InChI is InChI=1S/C28H32N6O4/c1-29-15-19(12-17-9-11-31-26(17)35)32-27(36)24-13-18(21-6-3-4-10-30-21)16-34(24)28(37)23-14-20-22(33-23)7-5-8-25(20)38-2/h3-8,10,14-15,17-19,24,33H,9,11-13,16H2,1-2H3,(H,31,35)(H,32,36)/t17-,18+,19-,24-/m0/s1. The number of nitrogens with zero attached hydrogens (tertiary/aromatic N) is 3. The summed E-state index contributed by atoms with van der Waals surface area (Å²) in [5.41, 5.74) is 2.01. The first-order valence-electron chi connectivity index (χ1n) is 12.9. The second kappa shape index (κ2) is 11.0. The van der Waals surface area contributed by atoms with Crippen LogP contribution in [-0.2, 0) is 9.59 Å². The van der Waals surface area contributed by atoms with Gasteiger partial charge in [-0.1, -0.05) is 12.1 Å². The number of carbonyl (C=O) groups excluding carboxylic acids is 3. The van der Waals surface area contributed by atoms with Crippen LogP contribution in [0.25, 0.3) is 10.9 Å². The van der Waals surface area contributed by atoms with Crippen LogP contribution >= 0.6 is 0 Å².